The van der Waals surface area contributed by atoms with Gasteiger partial charge in [0.05, 0.1) is 0 Å². The fraction of sp³-hybridized carbons (Fsp3) is 0.647. The van der Waals surface area contributed by atoms with Gasteiger partial charge in [-0.3, -0.25) is 0 Å². The smallest absolute Gasteiger partial charge is 0.0453 e. The molecule has 1 aliphatic rings. The summed E-state index contributed by atoms with van der Waals surface area (Å²) >= 11 is 12.1. The maximum absolute atomic E-state index is 6.20. The average Bonchev–Trinajstić information content (AvgIpc) is 2.33. The number of hydrogen-bond acceptors (Lipinski definition) is 1. The molecule has 1 aliphatic carbocycles. The molecule has 2 unspecified atom stereocenters. The molecule has 0 heterocycles. The zero-order valence-corrected chi connectivity index (χ0v) is 14.2. The van der Waals surface area contributed by atoms with Crippen LogP contribution in [0.5, 0.6) is 0 Å². The Kier molecular flexibility index (Phi) is 5.39. The highest BCUT2D eigenvalue weighted by atomic mass is 35.5. The second-order valence-corrected chi connectivity index (χ2v) is 7.77. The Hall–Kier alpha value is -0.240. The number of rotatable bonds is 4. The molecule has 1 N–H and O–H groups in total. The van der Waals surface area contributed by atoms with E-state index in [2.05, 4.69) is 26.1 Å². The van der Waals surface area contributed by atoms with E-state index < -0.39 is 0 Å². The van der Waals surface area contributed by atoms with Crippen LogP contribution in [-0.4, -0.2) is 12.6 Å². The molecule has 112 valence electrons. The van der Waals surface area contributed by atoms with Crippen molar-refractivity contribution in [3.63, 3.8) is 0 Å². The monoisotopic (exact) mass is 313 g/mol. The first kappa shape index (κ1) is 16.1. The highest BCUT2D eigenvalue weighted by Crippen LogP contribution is 2.38. The van der Waals surface area contributed by atoms with Gasteiger partial charge in [0, 0.05) is 16.1 Å². The predicted molar refractivity (Wildman–Crippen MR) is 88.8 cm³/mol. The van der Waals surface area contributed by atoms with E-state index >= 15 is 0 Å². The lowest BCUT2D eigenvalue weighted by Gasteiger charge is -2.39. The van der Waals surface area contributed by atoms with Gasteiger partial charge in [0.2, 0.25) is 0 Å². The van der Waals surface area contributed by atoms with Gasteiger partial charge in [0.25, 0.3) is 0 Å². The molecule has 0 aliphatic heterocycles. The Morgan fingerprint density at radius 2 is 2.05 bits per heavy atom. The number of hydrogen-bond donors (Lipinski definition) is 1. The molecule has 0 bridgehead atoms. The summed E-state index contributed by atoms with van der Waals surface area (Å²) in [6, 6.07) is 6.41. The van der Waals surface area contributed by atoms with Gasteiger partial charge in [0.15, 0.2) is 0 Å². The van der Waals surface area contributed by atoms with E-state index in [9.17, 15) is 0 Å². The first-order chi connectivity index (χ1) is 9.37. The minimum atomic E-state index is 0.511. The Balaban J connectivity index is 1.81. The summed E-state index contributed by atoms with van der Waals surface area (Å²) in [6.45, 7) is 8.12. The van der Waals surface area contributed by atoms with Crippen molar-refractivity contribution < 1.29 is 0 Å². The Morgan fingerprint density at radius 1 is 1.30 bits per heavy atom. The van der Waals surface area contributed by atoms with E-state index in [-0.39, 0.29) is 0 Å². The molecule has 3 heteroatoms. The van der Waals surface area contributed by atoms with E-state index in [0.29, 0.717) is 16.5 Å². The van der Waals surface area contributed by atoms with Crippen molar-refractivity contribution in [1.82, 2.24) is 5.32 Å². The van der Waals surface area contributed by atoms with Gasteiger partial charge in [-0.05, 0) is 61.3 Å². The summed E-state index contributed by atoms with van der Waals surface area (Å²) in [4.78, 5) is 0. The molecule has 1 fully saturated rings. The minimum Gasteiger partial charge on any atom is -0.313 e. The summed E-state index contributed by atoms with van der Waals surface area (Å²) in [5.41, 5.74) is 1.68. The van der Waals surface area contributed by atoms with Crippen molar-refractivity contribution in [3.05, 3.63) is 33.8 Å². The molecule has 0 radical (unpaired) electrons. The Labute approximate surface area is 133 Å². The molecule has 0 aromatic heterocycles. The van der Waals surface area contributed by atoms with Crippen LogP contribution in [0.25, 0.3) is 0 Å². The summed E-state index contributed by atoms with van der Waals surface area (Å²) in [5, 5.41) is 5.19. The fourth-order valence-corrected chi connectivity index (χ4v) is 3.87. The summed E-state index contributed by atoms with van der Waals surface area (Å²) in [5.74, 6) is 0.749. The largest absolute Gasteiger partial charge is 0.313 e. The third-order valence-corrected chi connectivity index (χ3v) is 5.10. The van der Waals surface area contributed by atoms with E-state index in [0.717, 1.165) is 23.9 Å². The van der Waals surface area contributed by atoms with Crippen molar-refractivity contribution in [1.29, 1.82) is 0 Å². The zero-order chi connectivity index (χ0) is 14.8. The quantitative estimate of drug-likeness (QED) is 0.791. The molecule has 20 heavy (non-hydrogen) atoms. The topological polar surface area (TPSA) is 12.0 Å². The molecule has 0 spiro atoms. The van der Waals surface area contributed by atoms with E-state index in [1.54, 1.807) is 0 Å². The SMILES string of the molecule is CC1CC(C)(C)CCC1NCCc1ccc(Cl)cc1Cl. The molecule has 1 nitrogen and oxygen atoms in total. The highest BCUT2D eigenvalue weighted by Gasteiger charge is 2.31. The summed E-state index contributed by atoms with van der Waals surface area (Å²) in [6.07, 6.45) is 4.87. The first-order valence-electron chi connectivity index (χ1n) is 7.55. The second kappa shape index (κ2) is 6.68. The van der Waals surface area contributed by atoms with Gasteiger partial charge in [-0.1, -0.05) is 50.0 Å². The molecule has 2 rings (SSSR count). The lowest BCUT2D eigenvalue weighted by atomic mass is 9.70. The Morgan fingerprint density at radius 3 is 2.70 bits per heavy atom. The molecular formula is C17H25Cl2N. The molecule has 1 saturated carbocycles. The van der Waals surface area contributed by atoms with E-state index in [1.165, 1.54) is 24.8 Å². The molecular weight excluding hydrogens is 289 g/mol. The highest BCUT2D eigenvalue weighted by molar-refractivity contribution is 6.35. The number of nitrogens with one attached hydrogen (secondary N) is 1. The van der Waals surface area contributed by atoms with Crippen LogP contribution < -0.4 is 5.32 Å². The number of halogens is 2. The standard InChI is InChI=1S/C17H25Cl2N/c1-12-11-17(2,3)8-6-16(12)20-9-7-13-4-5-14(18)10-15(13)19/h4-5,10,12,16,20H,6-9,11H2,1-3H3. The molecule has 1 aromatic carbocycles. The van der Waals surface area contributed by atoms with Crippen LogP contribution in [0, 0.1) is 11.3 Å². The third kappa shape index (κ3) is 4.38. The normalized spacial score (nSPS) is 25.6. The van der Waals surface area contributed by atoms with Crippen LogP contribution in [0.2, 0.25) is 10.0 Å². The van der Waals surface area contributed by atoms with Crippen molar-refractivity contribution >= 4 is 23.2 Å². The fourth-order valence-electron chi connectivity index (χ4n) is 3.37. The van der Waals surface area contributed by atoms with Crippen LogP contribution in [0.3, 0.4) is 0 Å². The first-order valence-corrected chi connectivity index (χ1v) is 8.30. The zero-order valence-electron chi connectivity index (χ0n) is 12.7. The van der Waals surface area contributed by atoms with Gasteiger partial charge in [-0.2, -0.15) is 0 Å². The maximum atomic E-state index is 6.20. The van der Waals surface area contributed by atoms with E-state index in [4.69, 9.17) is 23.2 Å². The molecule has 2 atom stereocenters. The number of benzene rings is 1. The van der Waals surface area contributed by atoms with Crippen molar-refractivity contribution in [2.24, 2.45) is 11.3 Å². The van der Waals surface area contributed by atoms with Gasteiger partial charge >= 0.3 is 0 Å². The maximum Gasteiger partial charge on any atom is 0.0453 e. The lowest BCUT2D eigenvalue weighted by molar-refractivity contribution is 0.149. The average molecular weight is 314 g/mol. The third-order valence-electron chi connectivity index (χ3n) is 4.51. The van der Waals surface area contributed by atoms with Crippen molar-refractivity contribution in [3.8, 4) is 0 Å². The Bertz CT molecular complexity index is 456. The summed E-state index contributed by atoms with van der Waals surface area (Å²) < 4.78 is 0. The molecule has 0 amide bonds. The van der Waals surface area contributed by atoms with Crippen LogP contribution in [-0.2, 0) is 6.42 Å². The molecule has 0 saturated heterocycles. The van der Waals surface area contributed by atoms with Crippen LogP contribution >= 0.6 is 23.2 Å². The van der Waals surface area contributed by atoms with Gasteiger partial charge in [-0.15, -0.1) is 0 Å². The van der Waals surface area contributed by atoms with Gasteiger partial charge < -0.3 is 5.32 Å². The van der Waals surface area contributed by atoms with Crippen molar-refractivity contribution in [2.75, 3.05) is 6.54 Å². The molecule has 1 aromatic rings. The minimum absolute atomic E-state index is 0.511. The van der Waals surface area contributed by atoms with Gasteiger partial charge in [0.1, 0.15) is 0 Å². The summed E-state index contributed by atoms with van der Waals surface area (Å²) in [7, 11) is 0. The van der Waals surface area contributed by atoms with E-state index in [1.807, 2.05) is 18.2 Å². The lowest BCUT2D eigenvalue weighted by Crippen LogP contribution is -2.42. The van der Waals surface area contributed by atoms with Gasteiger partial charge in [-0.25, -0.2) is 0 Å². The van der Waals surface area contributed by atoms with Crippen LogP contribution in [0.1, 0.15) is 45.6 Å². The van der Waals surface area contributed by atoms with Crippen LogP contribution in [0.4, 0.5) is 0 Å². The second-order valence-electron chi connectivity index (χ2n) is 6.93. The predicted octanol–water partition coefficient (Wildman–Crippen LogP) is 5.34. The van der Waals surface area contributed by atoms with Crippen LogP contribution in [0.15, 0.2) is 18.2 Å². The van der Waals surface area contributed by atoms with Crippen molar-refractivity contribution in [2.45, 2.75) is 52.5 Å².